The predicted octanol–water partition coefficient (Wildman–Crippen LogP) is 0.423. The number of rotatable bonds is 7. The normalized spacial score (nSPS) is 26.1. The summed E-state index contributed by atoms with van der Waals surface area (Å²) in [6.45, 7) is 4.31. The van der Waals surface area contributed by atoms with Gasteiger partial charge in [0.1, 0.15) is 17.8 Å². The van der Waals surface area contributed by atoms with Gasteiger partial charge in [-0.1, -0.05) is 12.1 Å². The number of aliphatic hydroxyl groups is 1. The molecule has 1 amide bonds. The first kappa shape index (κ1) is 17.7. The number of carbonyl (C=O) groups excluding carboxylic acids is 1. The third-order valence-corrected chi connectivity index (χ3v) is 5.17. The molecular formula is C18H24N2O5. The van der Waals surface area contributed by atoms with Crippen molar-refractivity contribution in [1.29, 1.82) is 0 Å². The summed E-state index contributed by atoms with van der Waals surface area (Å²) in [5.41, 5.74) is -0.00583. The molecule has 1 aromatic rings. The number of carbonyl (C=O) groups is 2. The minimum absolute atomic E-state index is 0.0464. The van der Waals surface area contributed by atoms with Gasteiger partial charge < -0.3 is 19.8 Å². The molecule has 0 unspecified atom stereocenters. The van der Waals surface area contributed by atoms with E-state index in [1.807, 2.05) is 36.1 Å². The number of amides is 1. The lowest BCUT2D eigenvalue weighted by atomic mass is 9.81. The predicted molar refractivity (Wildman–Crippen MR) is 90.1 cm³/mol. The first-order chi connectivity index (χ1) is 12.0. The van der Waals surface area contributed by atoms with Gasteiger partial charge in [-0.05, 0) is 24.6 Å². The fourth-order valence-corrected chi connectivity index (χ4v) is 3.95. The summed E-state index contributed by atoms with van der Waals surface area (Å²) in [4.78, 5) is 28.1. The van der Waals surface area contributed by atoms with Crippen LogP contribution in [0, 0.1) is 11.3 Å². The van der Waals surface area contributed by atoms with Crippen LogP contribution in [-0.2, 0) is 16.1 Å². The number of aliphatic carboxylic acids is 1. The standard InChI is InChI=1S/C18H24N2O5/c1-2-20-12-18(17(23)24)11-19(10-15(18)16(20)22)9-13-4-3-5-14(8-13)25-7-6-21/h3-5,8,15,21H,2,6-7,9-12H2,1H3,(H,23,24)/t15-,18-/m0/s1. The van der Waals surface area contributed by atoms with Gasteiger partial charge in [0.05, 0.1) is 12.5 Å². The summed E-state index contributed by atoms with van der Waals surface area (Å²) in [6.07, 6.45) is 0. The Bertz CT molecular complexity index is 665. The van der Waals surface area contributed by atoms with Crippen molar-refractivity contribution < 1.29 is 24.5 Å². The van der Waals surface area contributed by atoms with Crippen LogP contribution in [0.4, 0.5) is 0 Å². The molecule has 2 atom stereocenters. The maximum atomic E-state index is 12.5. The molecule has 0 aliphatic carbocycles. The number of likely N-dealkylation sites (tertiary alicyclic amines) is 2. The molecular weight excluding hydrogens is 324 g/mol. The van der Waals surface area contributed by atoms with Crippen LogP contribution in [0.25, 0.3) is 0 Å². The van der Waals surface area contributed by atoms with E-state index >= 15 is 0 Å². The molecule has 25 heavy (non-hydrogen) atoms. The fourth-order valence-electron chi connectivity index (χ4n) is 3.95. The van der Waals surface area contributed by atoms with E-state index in [2.05, 4.69) is 0 Å². The summed E-state index contributed by atoms with van der Waals surface area (Å²) in [5, 5.41) is 18.6. The number of benzene rings is 1. The number of ether oxygens (including phenoxy) is 1. The molecule has 2 aliphatic heterocycles. The molecule has 136 valence electrons. The number of nitrogens with zero attached hydrogens (tertiary/aromatic N) is 2. The molecule has 2 aliphatic rings. The van der Waals surface area contributed by atoms with Gasteiger partial charge in [-0.3, -0.25) is 14.5 Å². The molecule has 0 aromatic heterocycles. The molecule has 2 saturated heterocycles. The fraction of sp³-hybridized carbons (Fsp3) is 0.556. The highest BCUT2D eigenvalue weighted by Crippen LogP contribution is 2.44. The molecule has 7 nitrogen and oxygen atoms in total. The van der Waals surface area contributed by atoms with E-state index in [1.54, 1.807) is 4.90 Å². The molecule has 3 rings (SSSR count). The molecule has 7 heteroatoms. The number of carboxylic acids is 1. The molecule has 1 aromatic carbocycles. The molecule has 0 radical (unpaired) electrons. The van der Waals surface area contributed by atoms with Crippen LogP contribution in [0.3, 0.4) is 0 Å². The number of fused-ring (bicyclic) bond motifs is 1. The number of hydrogen-bond donors (Lipinski definition) is 2. The Morgan fingerprint density at radius 2 is 2.20 bits per heavy atom. The second kappa shape index (κ2) is 7.01. The highest BCUT2D eigenvalue weighted by Gasteiger charge is 2.61. The average Bonchev–Trinajstić information content (AvgIpc) is 3.08. The van der Waals surface area contributed by atoms with Crippen molar-refractivity contribution in [2.45, 2.75) is 13.5 Å². The third-order valence-electron chi connectivity index (χ3n) is 5.17. The van der Waals surface area contributed by atoms with Gasteiger partial charge in [0.25, 0.3) is 0 Å². The van der Waals surface area contributed by atoms with E-state index in [0.717, 1.165) is 5.56 Å². The van der Waals surface area contributed by atoms with Crippen LogP contribution in [0.2, 0.25) is 0 Å². The van der Waals surface area contributed by atoms with E-state index in [9.17, 15) is 14.7 Å². The lowest BCUT2D eigenvalue weighted by Gasteiger charge is -2.24. The van der Waals surface area contributed by atoms with Gasteiger partial charge in [-0.2, -0.15) is 0 Å². The van der Waals surface area contributed by atoms with Gasteiger partial charge in [-0.15, -0.1) is 0 Å². The molecule has 0 spiro atoms. The zero-order chi connectivity index (χ0) is 18.0. The Hall–Kier alpha value is -2.12. The summed E-state index contributed by atoms with van der Waals surface area (Å²) in [5.74, 6) is -0.734. The first-order valence-corrected chi connectivity index (χ1v) is 8.57. The van der Waals surface area contributed by atoms with Crippen molar-refractivity contribution in [3.05, 3.63) is 29.8 Å². The Kier molecular flexibility index (Phi) is 4.96. The number of hydrogen-bond acceptors (Lipinski definition) is 5. The van der Waals surface area contributed by atoms with Gasteiger partial charge in [0.2, 0.25) is 5.91 Å². The van der Waals surface area contributed by atoms with E-state index in [-0.39, 0.29) is 19.1 Å². The summed E-state index contributed by atoms with van der Waals surface area (Å²) >= 11 is 0. The highest BCUT2D eigenvalue weighted by molar-refractivity contribution is 5.92. The zero-order valence-corrected chi connectivity index (χ0v) is 14.4. The van der Waals surface area contributed by atoms with Gasteiger partial charge in [0, 0.05) is 32.7 Å². The second-order valence-corrected chi connectivity index (χ2v) is 6.76. The van der Waals surface area contributed by atoms with Crippen molar-refractivity contribution in [2.75, 3.05) is 39.4 Å². The molecule has 0 saturated carbocycles. The van der Waals surface area contributed by atoms with Crippen LogP contribution in [-0.4, -0.2) is 71.3 Å². The van der Waals surface area contributed by atoms with Crippen LogP contribution in [0.5, 0.6) is 5.75 Å². The Morgan fingerprint density at radius 3 is 2.84 bits per heavy atom. The van der Waals surface area contributed by atoms with Crippen molar-refractivity contribution in [1.82, 2.24) is 9.80 Å². The Morgan fingerprint density at radius 1 is 1.40 bits per heavy atom. The van der Waals surface area contributed by atoms with Crippen molar-refractivity contribution in [3.63, 3.8) is 0 Å². The van der Waals surface area contributed by atoms with E-state index in [4.69, 9.17) is 9.84 Å². The lowest BCUT2D eigenvalue weighted by molar-refractivity contribution is -0.149. The number of aliphatic hydroxyl groups excluding tert-OH is 1. The Labute approximate surface area is 146 Å². The molecule has 0 bridgehead atoms. The second-order valence-electron chi connectivity index (χ2n) is 6.76. The maximum Gasteiger partial charge on any atom is 0.313 e. The monoisotopic (exact) mass is 348 g/mol. The smallest absolute Gasteiger partial charge is 0.313 e. The number of carboxylic acid groups (broad SMARTS) is 1. The quantitative estimate of drug-likeness (QED) is 0.742. The first-order valence-electron chi connectivity index (χ1n) is 8.57. The average molecular weight is 348 g/mol. The summed E-state index contributed by atoms with van der Waals surface area (Å²) in [7, 11) is 0. The minimum Gasteiger partial charge on any atom is -0.491 e. The van der Waals surface area contributed by atoms with Gasteiger partial charge >= 0.3 is 5.97 Å². The van der Waals surface area contributed by atoms with Gasteiger partial charge in [-0.25, -0.2) is 0 Å². The minimum atomic E-state index is -1.00. The van der Waals surface area contributed by atoms with E-state index in [0.29, 0.717) is 38.5 Å². The van der Waals surface area contributed by atoms with Crippen molar-refractivity contribution in [3.8, 4) is 5.75 Å². The third kappa shape index (κ3) is 3.21. The highest BCUT2D eigenvalue weighted by atomic mass is 16.5. The molecule has 2 fully saturated rings. The summed E-state index contributed by atoms with van der Waals surface area (Å²) in [6, 6.07) is 7.53. The van der Waals surface area contributed by atoms with E-state index < -0.39 is 17.3 Å². The SMILES string of the molecule is CCN1C[C@@]2(C(=O)O)CN(Cc3cccc(OCCO)c3)C[C@H]2C1=O. The van der Waals surface area contributed by atoms with Crippen LogP contribution in [0.1, 0.15) is 12.5 Å². The van der Waals surface area contributed by atoms with Crippen molar-refractivity contribution in [2.24, 2.45) is 11.3 Å². The largest absolute Gasteiger partial charge is 0.491 e. The zero-order valence-electron chi connectivity index (χ0n) is 14.4. The van der Waals surface area contributed by atoms with Crippen LogP contribution >= 0.6 is 0 Å². The molecule has 2 N–H and O–H groups in total. The summed E-state index contributed by atoms with van der Waals surface area (Å²) < 4.78 is 5.42. The van der Waals surface area contributed by atoms with Gasteiger partial charge in [0.15, 0.2) is 0 Å². The topological polar surface area (TPSA) is 90.3 Å². The van der Waals surface area contributed by atoms with Crippen LogP contribution < -0.4 is 4.74 Å². The van der Waals surface area contributed by atoms with Crippen LogP contribution in [0.15, 0.2) is 24.3 Å². The lowest BCUT2D eigenvalue weighted by Crippen LogP contribution is -2.40. The van der Waals surface area contributed by atoms with Crippen molar-refractivity contribution >= 4 is 11.9 Å². The Balaban J connectivity index is 1.72. The molecule has 2 heterocycles. The van der Waals surface area contributed by atoms with E-state index in [1.165, 1.54) is 0 Å². The maximum absolute atomic E-state index is 12.5.